The Morgan fingerprint density at radius 2 is 2.16 bits per heavy atom. The minimum Gasteiger partial charge on any atom is -0.367 e. The van der Waals surface area contributed by atoms with Crippen molar-refractivity contribution in [1.82, 2.24) is 10.3 Å². The molecule has 0 aliphatic heterocycles. The van der Waals surface area contributed by atoms with E-state index in [1.54, 1.807) is 0 Å². The topological polar surface area (TPSA) is 28.2 Å². The fraction of sp³-hybridized carbons (Fsp3) is 0.562. The highest BCUT2D eigenvalue weighted by Gasteiger charge is 2.13. The van der Waals surface area contributed by atoms with Crippen molar-refractivity contribution in [3.8, 4) is 0 Å². The maximum atomic E-state index is 4.26. The highest BCUT2D eigenvalue weighted by molar-refractivity contribution is 5.52. The van der Waals surface area contributed by atoms with Gasteiger partial charge in [-0.15, -0.1) is 6.58 Å². The molecular formula is C16H27N3. The summed E-state index contributed by atoms with van der Waals surface area (Å²) in [6.45, 7) is 15.3. The van der Waals surface area contributed by atoms with Crippen LogP contribution in [0.1, 0.15) is 39.7 Å². The third kappa shape index (κ3) is 5.43. The van der Waals surface area contributed by atoms with E-state index in [0.717, 1.165) is 26.1 Å². The number of aromatic nitrogens is 1. The van der Waals surface area contributed by atoms with Crippen molar-refractivity contribution in [3.05, 3.63) is 36.7 Å². The maximum Gasteiger partial charge on any atom is 0.0445 e. The molecule has 3 nitrogen and oxygen atoms in total. The number of rotatable bonds is 7. The van der Waals surface area contributed by atoms with Crippen molar-refractivity contribution < 1.29 is 0 Å². The van der Waals surface area contributed by atoms with Crippen molar-refractivity contribution in [3.63, 3.8) is 0 Å². The van der Waals surface area contributed by atoms with Gasteiger partial charge < -0.3 is 10.2 Å². The summed E-state index contributed by atoms with van der Waals surface area (Å²) in [5.74, 6) is 0. The largest absolute Gasteiger partial charge is 0.367 e. The van der Waals surface area contributed by atoms with Gasteiger partial charge in [-0.25, -0.2) is 0 Å². The molecule has 3 heteroatoms. The molecule has 0 aliphatic rings. The smallest absolute Gasteiger partial charge is 0.0445 e. The zero-order chi connectivity index (χ0) is 14.3. The van der Waals surface area contributed by atoms with E-state index in [4.69, 9.17) is 0 Å². The minimum atomic E-state index is 0.112. The van der Waals surface area contributed by atoms with Crippen LogP contribution in [0, 0.1) is 0 Å². The van der Waals surface area contributed by atoms with Crippen LogP contribution in [-0.4, -0.2) is 23.6 Å². The van der Waals surface area contributed by atoms with Crippen molar-refractivity contribution in [2.75, 3.05) is 18.0 Å². The van der Waals surface area contributed by atoms with E-state index < -0.39 is 0 Å². The zero-order valence-electron chi connectivity index (χ0n) is 12.7. The molecule has 1 heterocycles. The Hall–Kier alpha value is -1.35. The molecule has 0 radical (unpaired) electrons. The van der Waals surface area contributed by atoms with Crippen LogP contribution in [0.3, 0.4) is 0 Å². The van der Waals surface area contributed by atoms with Crippen LogP contribution in [0.2, 0.25) is 0 Å². The van der Waals surface area contributed by atoms with Crippen molar-refractivity contribution in [2.45, 2.75) is 46.2 Å². The molecule has 0 aliphatic carbocycles. The molecule has 106 valence electrons. The Labute approximate surface area is 117 Å². The van der Waals surface area contributed by atoms with Crippen molar-refractivity contribution in [2.24, 2.45) is 0 Å². The highest BCUT2D eigenvalue weighted by atomic mass is 15.1. The predicted octanol–water partition coefficient (Wildman–Crippen LogP) is 3.37. The third-order valence-electron chi connectivity index (χ3n) is 2.87. The molecular weight excluding hydrogens is 234 g/mol. The molecule has 19 heavy (non-hydrogen) atoms. The van der Waals surface area contributed by atoms with E-state index in [0.29, 0.717) is 0 Å². The summed E-state index contributed by atoms with van der Waals surface area (Å²) in [5, 5.41) is 3.53. The van der Waals surface area contributed by atoms with Crippen LogP contribution in [0.15, 0.2) is 31.1 Å². The Kier molecular flexibility index (Phi) is 6.03. The second-order valence-corrected chi connectivity index (χ2v) is 5.84. The van der Waals surface area contributed by atoms with E-state index in [1.165, 1.54) is 11.3 Å². The molecule has 0 spiro atoms. The molecule has 1 N–H and O–H groups in total. The van der Waals surface area contributed by atoms with Gasteiger partial charge in [0.15, 0.2) is 0 Å². The van der Waals surface area contributed by atoms with Crippen LogP contribution in [0.5, 0.6) is 0 Å². The monoisotopic (exact) mass is 261 g/mol. The SMILES string of the molecule is C=CCN(CCC)c1ccncc1CNC(C)(C)C. The lowest BCUT2D eigenvalue weighted by Gasteiger charge is -2.27. The average molecular weight is 261 g/mol. The number of anilines is 1. The van der Waals surface area contributed by atoms with E-state index in [-0.39, 0.29) is 5.54 Å². The molecule has 0 saturated heterocycles. The van der Waals surface area contributed by atoms with Gasteiger partial charge in [0.25, 0.3) is 0 Å². The summed E-state index contributed by atoms with van der Waals surface area (Å²) in [5.41, 5.74) is 2.61. The summed E-state index contributed by atoms with van der Waals surface area (Å²) in [6, 6.07) is 2.10. The quantitative estimate of drug-likeness (QED) is 0.763. The lowest BCUT2D eigenvalue weighted by Crippen LogP contribution is -2.36. The average Bonchev–Trinajstić information content (AvgIpc) is 2.36. The number of hydrogen-bond acceptors (Lipinski definition) is 3. The molecule has 0 aromatic carbocycles. The third-order valence-corrected chi connectivity index (χ3v) is 2.87. The summed E-state index contributed by atoms with van der Waals surface area (Å²) in [4.78, 5) is 6.61. The van der Waals surface area contributed by atoms with E-state index >= 15 is 0 Å². The minimum absolute atomic E-state index is 0.112. The summed E-state index contributed by atoms with van der Waals surface area (Å²) >= 11 is 0. The molecule has 0 atom stereocenters. The molecule has 0 fully saturated rings. The number of pyridine rings is 1. The molecule has 1 aromatic heterocycles. The van der Waals surface area contributed by atoms with Gasteiger partial charge in [0.2, 0.25) is 0 Å². The van der Waals surface area contributed by atoms with Crippen molar-refractivity contribution >= 4 is 5.69 Å². The standard InChI is InChI=1S/C16H27N3/c1-6-10-19(11-7-2)15-8-9-17-12-14(15)13-18-16(3,4)5/h6,8-9,12,18H,1,7,10-11,13H2,2-5H3. The van der Waals surface area contributed by atoms with E-state index in [1.807, 2.05) is 18.5 Å². The van der Waals surface area contributed by atoms with E-state index in [2.05, 4.69) is 55.5 Å². The van der Waals surface area contributed by atoms with Gasteiger partial charge in [0, 0.05) is 48.8 Å². The van der Waals surface area contributed by atoms with Gasteiger partial charge in [-0.2, -0.15) is 0 Å². The fourth-order valence-corrected chi connectivity index (χ4v) is 1.96. The molecule has 1 aromatic rings. The Bertz CT molecular complexity index is 393. The van der Waals surface area contributed by atoms with E-state index in [9.17, 15) is 0 Å². The summed E-state index contributed by atoms with van der Waals surface area (Å²) < 4.78 is 0. The molecule has 0 unspecified atom stereocenters. The number of nitrogens with one attached hydrogen (secondary N) is 1. The second kappa shape index (κ2) is 7.29. The number of hydrogen-bond donors (Lipinski definition) is 1. The van der Waals surface area contributed by atoms with Gasteiger partial charge in [0.1, 0.15) is 0 Å². The normalized spacial score (nSPS) is 11.4. The lowest BCUT2D eigenvalue weighted by atomic mass is 10.1. The van der Waals surface area contributed by atoms with Crippen LogP contribution >= 0.6 is 0 Å². The van der Waals surface area contributed by atoms with Crippen LogP contribution in [0.25, 0.3) is 0 Å². The number of nitrogens with zero attached hydrogens (tertiary/aromatic N) is 2. The van der Waals surface area contributed by atoms with Crippen LogP contribution in [0.4, 0.5) is 5.69 Å². The Morgan fingerprint density at radius 1 is 1.42 bits per heavy atom. The first-order valence-corrected chi connectivity index (χ1v) is 7.01. The van der Waals surface area contributed by atoms with Gasteiger partial charge in [-0.1, -0.05) is 13.0 Å². The van der Waals surface area contributed by atoms with Crippen molar-refractivity contribution in [1.29, 1.82) is 0 Å². The predicted molar refractivity (Wildman–Crippen MR) is 83.5 cm³/mol. The van der Waals surface area contributed by atoms with Gasteiger partial charge >= 0.3 is 0 Å². The molecule has 0 amide bonds. The Morgan fingerprint density at radius 3 is 2.74 bits per heavy atom. The first-order valence-electron chi connectivity index (χ1n) is 7.01. The zero-order valence-corrected chi connectivity index (χ0v) is 12.7. The summed E-state index contributed by atoms with van der Waals surface area (Å²) in [6.07, 6.45) is 6.90. The fourth-order valence-electron chi connectivity index (χ4n) is 1.96. The molecule has 0 saturated carbocycles. The maximum absolute atomic E-state index is 4.26. The van der Waals surface area contributed by atoms with Gasteiger partial charge in [-0.3, -0.25) is 4.98 Å². The van der Waals surface area contributed by atoms with Gasteiger partial charge in [0.05, 0.1) is 0 Å². The molecule has 1 rings (SSSR count). The highest BCUT2D eigenvalue weighted by Crippen LogP contribution is 2.20. The van der Waals surface area contributed by atoms with Crippen LogP contribution < -0.4 is 10.2 Å². The summed E-state index contributed by atoms with van der Waals surface area (Å²) in [7, 11) is 0. The lowest BCUT2D eigenvalue weighted by molar-refractivity contribution is 0.424. The molecule has 0 bridgehead atoms. The Balaban J connectivity index is 2.89. The first kappa shape index (κ1) is 15.7. The second-order valence-electron chi connectivity index (χ2n) is 5.84. The first-order chi connectivity index (χ1) is 8.98. The van der Waals surface area contributed by atoms with Gasteiger partial charge in [-0.05, 0) is 33.3 Å². The van der Waals surface area contributed by atoms with Crippen LogP contribution in [-0.2, 0) is 6.54 Å².